The molecule has 0 saturated heterocycles. The normalized spacial score (nSPS) is 14.5. The summed E-state index contributed by atoms with van der Waals surface area (Å²) in [6.07, 6.45) is 4.02. The molecule has 5 heteroatoms. The van der Waals surface area contributed by atoms with E-state index in [1.165, 1.54) is 22.3 Å². The third kappa shape index (κ3) is 4.95. The summed E-state index contributed by atoms with van der Waals surface area (Å²) in [5.41, 5.74) is 7.43. The first-order chi connectivity index (χ1) is 12.5. The van der Waals surface area contributed by atoms with Gasteiger partial charge in [-0.05, 0) is 65.6 Å². The van der Waals surface area contributed by atoms with Gasteiger partial charge in [0.1, 0.15) is 12.0 Å². The lowest BCUT2D eigenvalue weighted by molar-refractivity contribution is 0.123. The van der Waals surface area contributed by atoms with Gasteiger partial charge in [0.05, 0.1) is 5.69 Å². The van der Waals surface area contributed by atoms with Crippen LogP contribution in [-0.4, -0.2) is 29.5 Å². The number of rotatable bonds is 7. The zero-order valence-corrected chi connectivity index (χ0v) is 17.2. The number of aromatic hydroxyl groups is 1. The Kier molecular flexibility index (Phi) is 7.54. The highest BCUT2D eigenvalue weighted by atomic mass is 35.5. The van der Waals surface area contributed by atoms with Crippen molar-refractivity contribution in [2.24, 2.45) is 0 Å². The number of hydrogen-bond acceptors (Lipinski definition) is 4. The third-order valence-corrected chi connectivity index (χ3v) is 5.40. The molecule has 0 saturated carbocycles. The molecule has 4 nitrogen and oxygen atoms in total. The van der Waals surface area contributed by atoms with Crippen LogP contribution in [0.15, 0.2) is 30.3 Å². The van der Waals surface area contributed by atoms with E-state index in [-0.39, 0.29) is 24.2 Å². The van der Waals surface area contributed by atoms with Crippen molar-refractivity contribution in [2.45, 2.75) is 58.2 Å². The molecule has 0 heterocycles. The zero-order chi connectivity index (χ0) is 18.7. The SMILES string of the molecule is CCc1cc2c(cc1CC)CC(N[C@H](O)Cc1ccc(O)c(NC)c1)C2.Cl. The smallest absolute Gasteiger partial charge is 0.138 e. The van der Waals surface area contributed by atoms with Gasteiger partial charge in [-0.2, -0.15) is 0 Å². The Bertz CT molecular complexity index is 746. The maximum absolute atomic E-state index is 10.5. The lowest BCUT2D eigenvalue weighted by atomic mass is 9.97. The van der Waals surface area contributed by atoms with Crippen molar-refractivity contribution in [1.29, 1.82) is 0 Å². The summed E-state index contributed by atoms with van der Waals surface area (Å²) < 4.78 is 0. The van der Waals surface area contributed by atoms with Gasteiger partial charge in [0.15, 0.2) is 0 Å². The molecule has 0 radical (unpaired) electrons. The number of halogens is 1. The average molecular weight is 391 g/mol. The quantitative estimate of drug-likeness (QED) is 0.431. The topological polar surface area (TPSA) is 64.5 Å². The first kappa shape index (κ1) is 21.5. The predicted octanol–water partition coefficient (Wildman–Crippen LogP) is 3.60. The fourth-order valence-electron chi connectivity index (χ4n) is 4.02. The van der Waals surface area contributed by atoms with E-state index in [1.807, 2.05) is 12.1 Å². The van der Waals surface area contributed by atoms with Crippen LogP contribution in [0.3, 0.4) is 0 Å². The first-order valence-electron chi connectivity index (χ1n) is 9.61. The number of phenols is 1. The number of hydrogen-bond donors (Lipinski definition) is 4. The van der Waals surface area contributed by atoms with Crippen molar-refractivity contribution in [3.05, 3.63) is 58.1 Å². The van der Waals surface area contributed by atoms with Gasteiger partial charge in [-0.3, -0.25) is 5.32 Å². The molecule has 2 aromatic carbocycles. The number of anilines is 1. The van der Waals surface area contributed by atoms with E-state index in [0.29, 0.717) is 12.1 Å². The Morgan fingerprint density at radius 3 is 2.15 bits per heavy atom. The van der Waals surface area contributed by atoms with E-state index in [4.69, 9.17) is 0 Å². The highest BCUT2D eigenvalue weighted by Crippen LogP contribution is 2.28. The minimum atomic E-state index is -0.597. The second-order valence-corrected chi connectivity index (χ2v) is 7.19. The van der Waals surface area contributed by atoms with Crippen molar-refractivity contribution >= 4 is 18.1 Å². The molecule has 0 aliphatic heterocycles. The van der Waals surface area contributed by atoms with Crippen LogP contribution in [0.4, 0.5) is 5.69 Å². The predicted molar refractivity (Wildman–Crippen MR) is 114 cm³/mol. The average Bonchev–Trinajstić information content (AvgIpc) is 3.02. The minimum Gasteiger partial charge on any atom is -0.506 e. The Hall–Kier alpha value is -1.75. The van der Waals surface area contributed by atoms with Gasteiger partial charge in [0.2, 0.25) is 0 Å². The molecule has 2 aromatic rings. The van der Waals surface area contributed by atoms with Gasteiger partial charge in [0.25, 0.3) is 0 Å². The Balaban J connectivity index is 0.00000261. The van der Waals surface area contributed by atoms with Crippen LogP contribution in [0.25, 0.3) is 0 Å². The van der Waals surface area contributed by atoms with Crippen LogP contribution in [0, 0.1) is 0 Å². The van der Waals surface area contributed by atoms with Crippen LogP contribution in [0.2, 0.25) is 0 Å². The number of benzene rings is 2. The molecule has 3 rings (SSSR count). The standard InChI is InChI=1S/C22H30N2O2.ClH/c1-4-15-10-17-12-19(13-18(17)11-16(15)5-2)24-22(26)9-14-6-7-21(25)20(8-14)23-3;/h6-8,10-11,19,22-26H,4-5,9,12-13H2,1-3H3;1H/t22-;/m1./s1. The summed E-state index contributed by atoms with van der Waals surface area (Å²) in [5, 5.41) is 26.6. The summed E-state index contributed by atoms with van der Waals surface area (Å²) in [4.78, 5) is 0. The number of fused-ring (bicyclic) bond motifs is 1. The molecule has 0 fully saturated rings. The van der Waals surface area contributed by atoms with Crippen molar-refractivity contribution in [1.82, 2.24) is 5.32 Å². The fraction of sp³-hybridized carbons (Fsp3) is 0.455. The lowest BCUT2D eigenvalue weighted by Gasteiger charge is -2.18. The molecule has 1 aliphatic rings. The Labute approximate surface area is 168 Å². The second kappa shape index (κ2) is 9.45. The number of aliphatic hydroxyl groups excluding tert-OH is 1. The van der Waals surface area contributed by atoms with Crippen molar-refractivity contribution < 1.29 is 10.2 Å². The maximum Gasteiger partial charge on any atom is 0.138 e. The molecule has 0 bridgehead atoms. The molecule has 27 heavy (non-hydrogen) atoms. The summed E-state index contributed by atoms with van der Waals surface area (Å²) in [6.45, 7) is 4.43. The molecule has 4 N–H and O–H groups in total. The molecule has 0 amide bonds. The third-order valence-electron chi connectivity index (χ3n) is 5.40. The molecule has 0 unspecified atom stereocenters. The molecular formula is C22H31ClN2O2. The summed E-state index contributed by atoms with van der Waals surface area (Å²) >= 11 is 0. The number of nitrogens with one attached hydrogen (secondary N) is 2. The van der Waals surface area contributed by atoms with Crippen molar-refractivity contribution in [2.75, 3.05) is 12.4 Å². The van der Waals surface area contributed by atoms with E-state index < -0.39 is 6.23 Å². The Morgan fingerprint density at radius 2 is 1.63 bits per heavy atom. The second-order valence-electron chi connectivity index (χ2n) is 7.19. The number of aryl methyl sites for hydroxylation is 2. The molecule has 0 spiro atoms. The van der Waals surface area contributed by atoms with Gasteiger partial charge in [-0.1, -0.05) is 32.0 Å². The molecule has 1 aliphatic carbocycles. The van der Waals surface area contributed by atoms with Gasteiger partial charge >= 0.3 is 0 Å². The molecular weight excluding hydrogens is 360 g/mol. The van der Waals surface area contributed by atoms with Crippen LogP contribution in [-0.2, 0) is 32.1 Å². The van der Waals surface area contributed by atoms with E-state index in [2.05, 4.69) is 36.6 Å². The highest BCUT2D eigenvalue weighted by molar-refractivity contribution is 5.85. The fourth-order valence-corrected chi connectivity index (χ4v) is 4.02. The van der Waals surface area contributed by atoms with Crippen LogP contribution < -0.4 is 10.6 Å². The van der Waals surface area contributed by atoms with E-state index in [1.54, 1.807) is 13.1 Å². The molecule has 0 aromatic heterocycles. The molecule has 148 valence electrons. The lowest BCUT2D eigenvalue weighted by Crippen LogP contribution is -2.40. The van der Waals surface area contributed by atoms with Crippen molar-refractivity contribution in [3.8, 4) is 5.75 Å². The first-order valence-corrected chi connectivity index (χ1v) is 9.61. The molecule has 1 atom stereocenters. The van der Waals surface area contributed by atoms with Gasteiger partial charge < -0.3 is 15.5 Å². The van der Waals surface area contributed by atoms with E-state index >= 15 is 0 Å². The highest BCUT2D eigenvalue weighted by Gasteiger charge is 2.24. The minimum absolute atomic E-state index is 0. The van der Waals surface area contributed by atoms with Crippen LogP contribution in [0.5, 0.6) is 5.75 Å². The summed E-state index contributed by atoms with van der Waals surface area (Å²) in [6, 6.07) is 10.4. The van der Waals surface area contributed by atoms with Gasteiger partial charge in [0, 0.05) is 19.5 Å². The summed E-state index contributed by atoms with van der Waals surface area (Å²) in [7, 11) is 1.78. The zero-order valence-electron chi connectivity index (χ0n) is 16.4. The monoisotopic (exact) mass is 390 g/mol. The van der Waals surface area contributed by atoms with E-state index in [0.717, 1.165) is 31.2 Å². The van der Waals surface area contributed by atoms with Crippen LogP contribution >= 0.6 is 12.4 Å². The largest absolute Gasteiger partial charge is 0.506 e. The van der Waals surface area contributed by atoms with Gasteiger partial charge in [-0.25, -0.2) is 0 Å². The van der Waals surface area contributed by atoms with Gasteiger partial charge in [-0.15, -0.1) is 12.4 Å². The Morgan fingerprint density at radius 1 is 1.04 bits per heavy atom. The van der Waals surface area contributed by atoms with E-state index in [9.17, 15) is 10.2 Å². The summed E-state index contributed by atoms with van der Waals surface area (Å²) in [5.74, 6) is 0.225. The number of aliphatic hydroxyl groups is 1. The van der Waals surface area contributed by atoms with Crippen molar-refractivity contribution in [3.63, 3.8) is 0 Å². The maximum atomic E-state index is 10.5. The van der Waals surface area contributed by atoms with Crippen LogP contribution in [0.1, 0.15) is 41.7 Å². The number of phenolic OH excluding ortho intramolecular Hbond substituents is 1.